The molecule has 2 aromatic rings. The number of hydrogen-bond acceptors (Lipinski definition) is 5. The number of aromatic nitrogens is 4. The Hall–Kier alpha value is -1.89. The minimum atomic E-state index is -1.06. The molecule has 2 rings (SSSR count). The first kappa shape index (κ1) is 14.5. The molecule has 0 saturated carbocycles. The summed E-state index contributed by atoms with van der Waals surface area (Å²) in [6.45, 7) is 2.77. The Morgan fingerprint density at radius 2 is 2.15 bits per heavy atom. The van der Waals surface area contributed by atoms with Gasteiger partial charge in [0.05, 0.1) is 0 Å². The van der Waals surface area contributed by atoms with Gasteiger partial charge >= 0.3 is 5.97 Å². The van der Waals surface area contributed by atoms with Gasteiger partial charge in [0, 0.05) is 24.5 Å². The highest BCUT2D eigenvalue weighted by Gasteiger charge is 2.20. The van der Waals surface area contributed by atoms with E-state index >= 15 is 0 Å². The SMILES string of the molecule is CCSCCCn1nnc(C(=O)O)c1-c1ccncc1. The van der Waals surface area contributed by atoms with Gasteiger partial charge in [-0.2, -0.15) is 11.8 Å². The average molecular weight is 292 g/mol. The highest BCUT2D eigenvalue weighted by atomic mass is 32.2. The van der Waals surface area contributed by atoms with Gasteiger partial charge < -0.3 is 5.11 Å². The van der Waals surface area contributed by atoms with E-state index in [9.17, 15) is 9.90 Å². The van der Waals surface area contributed by atoms with E-state index in [1.165, 1.54) is 0 Å². The van der Waals surface area contributed by atoms with Crippen molar-refractivity contribution >= 4 is 17.7 Å². The second-order valence-electron chi connectivity index (χ2n) is 4.10. The van der Waals surface area contributed by atoms with Crippen LogP contribution in [0.2, 0.25) is 0 Å². The second-order valence-corrected chi connectivity index (χ2v) is 5.50. The van der Waals surface area contributed by atoms with Crippen molar-refractivity contribution in [3.8, 4) is 11.3 Å². The maximum Gasteiger partial charge on any atom is 0.358 e. The van der Waals surface area contributed by atoms with Crippen molar-refractivity contribution < 1.29 is 9.90 Å². The van der Waals surface area contributed by atoms with E-state index in [4.69, 9.17) is 0 Å². The van der Waals surface area contributed by atoms with Crippen molar-refractivity contribution in [1.82, 2.24) is 20.0 Å². The molecule has 0 amide bonds. The van der Waals surface area contributed by atoms with Crippen molar-refractivity contribution in [1.29, 1.82) is 0 Å². The van der Waals surface area contributed by atoms with E-state index in [1.807, 2.05) is 11.8 Å². The molecule has 2 heterocycles. The molecule has 1 N–H and O–H groups in total. The van der Waals surface area contributed by atoms with Crippen LogP contribution >= 0.6 is 11.8 Å². The Morgan fingerprint density at radius 1 is 1.40 bits per heavy atom. The summed E-state index contributed by atoms with van der Waals surface area (Å²) in [5.41, 5.74) is 1.30. The highest BCUT2D eigenvalue weighted by Crippen LogP contribution is 2.22. The van der Waals surface area contributed by atoms with Gasteiger partial charge in [0.15, 0.2) is 5.69 Å². The molecule has 0 unspecified atom stereocenters. The lowest BCUT2D eigenvalue weighted by Crippen LogP contribution is -2.06. The molecule has 6 nitrogen and oxygen atoms in total. The van der Waals surface area contributed by atoms with E-state index in [0.717, 1.165) is 23.5 Å². The Balaban J connectivity index is 2.26. The minimum absolute atomic E-state index is 0.0145. The molecular formula is C13H16N4O2S. The normalized spacial score (nSPS) is 10.7. The standard InChI is InChI=1S/C13H16N4O2S/c1-2-20-9-3-8-17-12(10-4-6-14-7-5-10)11(13(18)19)15-16-17/h4-7H,2-3,8-9H2,1H3,(H,18,19). The molecule has 0 saturated heterocycles. The summed E-state index contributed by atoms with van der Waals surface area (Å²) < 4.78 is 1.66. The van der Waals surface area contributed by atoms with Crippen LogP contribution in [0.1, 0.15) is 23.8 Å². The summed E-state index contributed by atoms with van der Waals surface area (Å²) in [5.74, 6) is 1.04. The van der Waals surface area contributed by atoms with E-state index in [2.05, 4.69) is 22.2 Å². The van der Waals surface area contributed by atoms with Crippen molar-refractivity contribution in [3.05, 3.63) is 30.2 Å². The van der Waals surface area contributed by atoms with Gasteiger partial charge in [-0.25, -0.2) is 9.48 Å². The zero-order valence-electron chi connectivity index (χ0n) is 11.2. The molecule has 2 aromatic heterocycles. The third-order valence-electron chi connectivity index (χ3n) is 2.75. The molecule has 0 aliphatic carbocycles. The summed E-state index contributed by atoms with van der Waals surface area (Å²) in [7, 11) is 0. The predicted molar refractivity (Wildman–Crippen MR) is 77.8 cm³/mol. The quantitative estimate of drug-likeness (QED) is 0.788. The van der Waals surface area contributed by atoms with Crippen LogP contribution in [0.3, 0.4) is 0 Å². The van der Waals surface area contributed by atoms with Crippen LogP contribution in [-0.2, 0) is 6.54 Å². The largest absolute Gasteiger partial charge is 0.476 e. The fraction of sp³-hybridized carbons (Fsp3) is 0.385. The van der Waals surface area contributed by atoms with Crippen LogP contribution in [0.15, 0.2) is 24.5 Å². The molecule has 0 aliphatic rings. The molecular weight excluding hydrogens is 276 g/mol. The number of carboxylic acids is 1. The van der Waals surface area contributed by atoms with Crippen LogP contribution < -0.4 is 0 Å². The van der Waals surface area contributed by atoms with Crippen LogP contribution in [0.25, 0.3) is 11.3 Å². The number of aromatic carboxylic acids is 1. The molecule has 20 heavy (non-hydrogen) atoms. The van der Waals surface area contributed by atoms with Crippen molar-refractivity contribution in [2.24, 2.45) is 0 Å². The summed E-state index contributed by atoms with van der Waals surface area (Å²) in [6.07, 6.45) is 4.19. The predicted octanol–water partition coefficient (Wildman–Crippen LogP) is 2.18. The van der Waals surface area contributed by atoms with Crippen molar-refractivity contribution in [2.45, 2.75) is 19.9 Å². The lowest BCUT2D eigenvalue weighted by molar-refractivity contribution is 0.0691. The first-order valence-electron chi connectivity index (χ1n) is 6.39. The van der Waals surface area contributed by atoms with E-state index in [-0.39, 0.29) is 5.69 Å². The van der Waals surface area contributed by atoms with Gasteiger partial charge in [0.2, 0.25) is 0 Å². The average Bonchev–Trinajstić information content (AvgIpc) is 2.88. The first-order valence-corrected chi connectivity index (χ1v) is 7.54. The summed E-state index contributed by atoms with van der Waals surface area (Å²) in [5, 5.41) is 17.0. The minimum Gasteiger partial charge on any atom is -0.476 e. The van der Waals surface area contributed by atoms with Crippen LogP contribution in [-0.4, -0.2) is 42.6 Å². The maximum atomic E-state index is 11.2. The fourth-order valence-electron chi connectivity index (χ4n) is 1.87. The molecule has 7 heteroatoms. The number of rotatable bonds is 7. The van der Waals surface area contributed by atoms with Gasteiger partial charge in [0.1, 0.15) is 5.69 Å². The molecule has 106 valence electrons. The number of carbonyl (C=O) groups is 1. The molecule has 0 bridgehead atoms. The number of carboxylic acid groups (broad SMARTS) is 1. The van der Waals surface area contributed by atoms with Crippen molar-refractivity contribution in [3.63, 3.8) is 0 Å². The summed E-state index contributed by atoms with van der Waals surface area (Å²) in [6, 6.07) is 3.53. The van der Waals surface area contributed by atoms with Gasteiger partial charge in [-0.15, -0.1) is 5.10 Å². The third kappa shape index (κ3) is 3.36. The Labute approximate surface area is 121 Å². The number of pyridine rings is 1. The molecule has 0 atom stereocenters. The van der Waals surface area contributed by atoms with E-state index in [1.54, 1.807) is 29.2 Å². The lowest BCUT2D eigenvalue weighted by atomic mass is 10.1. The number of hydrogen-bond donors (Lipinski definition) is 1. The lowest BCUT2D eigenvalue weighted by Gasteiger charge is -2.06. The van der Waals surface area contributed by atoms with Crippen molar-refractivity contribution in [2.75, 3.05) is 11.5 Å². The van der Waals surface area contributed by atoms with Gasteiger partial charge in [0.25, 0.3) is 0 Å². The highest BCUT2D eigenvalue weighted by molar-refractivity contribution is 7.99. The fourth-order valence-corrected chi connectivity index (χ4v) is 2.49. The number of thioether (sulfide) groups is 1. The molecule has 0 radical (unpaired) electrons. The summed E-state index contributed by atoms with van der Waals surface area (Å²) >= 11 is 1.85. The zero-order chi connectivity index (χ0) is 14.4. The van der Waals surface area contributed by atoms with Crippen LogP contribution in [0, 0.1) is 0 Å². The van der Waals surface area contributed by atoms with Crippen LogP contribution in [0.5, 0.6) is 0 Å². The van der Waals surface area contributed by atoms with E-state index in [0.29, 0.717) is 12.2 Å². The Bertz CT molecular complexity index is 571. The van der Waals surface area contributed by atoms with Gasteiger partial charge in [-0.1, -0.05) is 12.1 Å². The number of nitrogens with zero attached hydrogens (tertiary/aromatic N) is 4. The number of aryl methyl sites for hydroxylation is 1. The topological polar surface area (TPSA) is 80.9 Å². The van der Waals surface area contributed by atoms with E-state index < -0.39 is 5.97 Å². The third-order valence-corrected chi connectivity index (χ3v) is 3.74. The Morgan fingerprint density at radius 3 is 2.80 bits per heavy atom. The first-order chi connectivity index (χ1) is 9.74. The van der Waals surface area contributed by atoms with Gasteiger partial charge in [-0.05, 0) is 30.1 Å². The molecule has 0 aromatic carbocycles. The molecule has 0 aliphatic heterocycles. The Kier molecular flexibility index (Phi) is 5.11. The second kappa shape index (κ2) is 7.04. The maximum absolute atomic E-state index is 11.2. The molecule has 0 fully saturated rings. The molecule has 0 spiro atoms. The van der Waals surface area contributed by atoms with Crippen LogP contribution in [0.4, 0.5) is 0 Å². The smallest absolute Gasteiger partial charge is 0.358 e. The zero-order valence-corrected chi connectivity index (χ0v) is 12.0. The summed E-state index contributed by atoms with van der Waals surface area (Å²) in [4.78, 5) is 15.2. The van der Waals surface area contributed by atoms with Gasteiger partial charge in [-0.3, -0.25) is 4.98 Å². The monoisotopic (exact) mass is 292 g/mol.